The Labute approximate surface area is 86.1 Å². The van der Waals surface area contributed by atoms with Crippen molar-refractivity contribution in [1.82, 2.24) is 0 Å². The van der Waals surface area contributed by atoms with Crippen LogP contribution in [0.15, 0.2) is 24.3 Å². The number of carbonyl (C=O) groups is 1. The normalized spacial score (nSPS) is 12.4. The summed E-state index contributed by atoms with van der Waals surface area (Å²) in [6, 6.07) is 8.61. The lowest BCUT2D eigenvalue weighted by atomic mass is 9.97. The number of aryl methyl sites for hydroxylation is 1. The largest absolute Gasteiger partial charge is 0.303 e. The highest BCUT2D eigenvalue weighted by atomic mass is 16.1. The topological polar surface area (TPSA) is 17.1 Å². The summed E-state index contributed by atoms with van der Waals surface area (Å²) in [6.07, 6.45) is 3.64. The molecule has 1 aromatic rings. The zero-order chi connectivity index (χ0) is 10.4. The number of rotatable bonds is 5. The predicted octanol–water partition coefficient (Wildman–Crippen LogP) is 3.33. The monoisotopic (exact) mass is 190 g/mol. The van der Waals surface area contributed by atoms with Gasteiger partial charge < -0.3 is 4.79 Å². The fourth-order valence-electron chi connectivity index (χ4n) is 1.47. The van der Waals surface area contributed by atoms with Gasteiger partial charge in [0, 0.05) is 6.42 Å². The van der Waals surface area contributed by atoms with Crippen LogP contribution in [0.4, 0.5) is 0 Å². The summed E-state index contributed by atoms with van der Waals surface area (Å²) in [4.78, 5) is 10.2. The van der Waals surface area contributed by atoms with Gasteiger partial charge in [-0.15, -0.1) is 0 Å². The molecule has 0 saturated heterocycles. The van der Waals surface area contributed by atoms with E-state index in [4.69, 9.17) is 0 Å². The van der Waals surface area contributed by atoms with E-state index in [1.165, 1.54) is 17.5 Å². The maximum Gasteiger partial charge on any atom is 0.120 e. The average molecular weight is 190 g/mol. The van der Waals surface area contributed by atoms with Crippen LogP contribution >= 0.6 is 0 Å². The fourth-order valence-corrected chi connectivity index (χ4v) is 1.47. The molecule has 0 aliphatic heterocycles. The summed E-state index contributed by atoms with van der Waals surface area (Å²) in [5.41, 5.74) is 2.64. The second kappa shape index (κ2) is 5.58. The van der Waals surface area contributed by atoms with Crippen LogP contribution in [0.25, 0.3) is 0 Å². The summed E-state index contributed by atoms with van der Waals surface area (Å²) in [7, 11) is 0. The van der Waals surface area contributed by atoms with Gasteiger partial charge in [0.1, 0.15) is 6.29 Å². The van der Waals surface area contributed by atoms with E-state index in [1.54, 1.807) is 0 Å². The number of benzene rings is 1. The third-order valence-corrected chi connectivity index (χ3v) is 2.71. The second-order valence-electron chi connectivity index (χ2n) is 3.76. The minimum Gasteiger partial charge on any atom is -0.303 e. The van der Waals surface area contributed by atoms with E-state index >= 15 is 0 Å². The molecule has 0 aliphatic carbocycles. The van der Waals surface area contributed by atoms with Crippen LogP contribution in [0, 0.1) is 0 Å². The molecule has 1 unspecified atom stereocenters. The van der Waals surface area contributed by atoms with Gasteiger partial charge in [-0.05, 0) is 29.9 Å². The number of aldehydes is 1. The second-order valence-corrected chi connectivity index (χ2v) is 3.76. The Kier molecular flexibility index (Phi) is 4.37. The molecule has 14 heavy (non-hydrogen) atoms. The van der Waals surface area contributed by atoms with E-state index in [2.05, 4.69) is 38.1 Å². The molecule has 76 valence electrons. The SMILES string of the molecule is CCC(C)c1ccc(CCC=O)cc1. The first-order valence-electron chi connectivity index (χ1n) is 5.30. The van der Waals surface area contributed by atoms with Crippen molar-refractivity contribution in [3.63, 3.8) is 0 Å². The minimum absolute atomic E-state index is 0.628. The van der Waals surface area contributed by atoms with Crippen LogP contribution in [-0.2, 0) is 11.2 Å². The Morgan fingerprint density at radius 3 is 2.43 bits per heavy atom. The van der Waals surface area contributed by atoms with Crippen molar-refractivity contribution in [2.24, 2.45) is 0 Å². The maximum atomic E-state index is 10.2. The van der Waals surface area contributed by atoms with E-state index in [1.807, 2.05) is 0 Å². The molecule has 0 saturated carbocycles. The van der Waals surface area contributed by atoms with E-state index < -0.39 is 0 Å². The van der Waals surface area contributed by atoms with Gasteiger partial charge in [-0.3, -0.25) is 0 Å². The molecule has 1 heteroatoms. The van der Waals surface area contributed by atoms with Crippen LogP contribution in [0.2, 0.25) is 0 Å². The predicted molar refractivity (Wildman–Crippen MR) is 59.5 cm³/mol. The molecule has 1 rings (SSSR count). The van der Waals surface area contributed by atoms with Gasteiger partial charge >= 0.3 is 0 Å². The summed E-state index contributed by atoms with van der Waals surface area (Å²) < 4.78 is 0. The molecule has 0 aromatic heterocycles. The number of hydrogen-bond donors (Lipinski definition) is 0. The van der Waals surface area contributed by atoms with Crippen LogP contribution < -0.4 is 0 Å². The van der Waals surface area contributed by atoms with E-state index in [0.717, 1.165) is 12.7 Å². The van der Waals surface area contributed by atoms with E-state index in [0.29, 0.717) is 12.3 Å². The highest BCUT2D eigenvalue weighted by Crippen LogP contribution is 2.18. The summed E-state index contributed by atoms with van der Waals surface area (Å²) in [6.45, 7) is 4.44. The van der Waals surface area contributed by atoms with Crippen molar-refractivity contribution in [2.75, 3.05) is 0 Å². The maximum absolute atomic E-state index is 10.2. The Morgan fingerprint density at radius 2 is 1.93 bits per heavy atom. The molecular formula is C13H18O. The first kappa shape index (κ1) is 11.0. The average Bonchev–Trinajstić information content (AvgIpc) is 2.26. The Morgan fingerprint density at radius 1 is 1.29 bits per heavy atom. The highest BCUT2D eigenvalue weighted by Gasteiger charge is 2.01. The summed E-state index contributed by atoms with van der Waals surface area (Å²) in [5, 5.41) is 0. The number of carbonyl (C=O) groups excluding carboxylic acids is 1. The van der Waals surface area contributed by atoms with E-state index in [9.17, 15) is 4.79 Å². The van der Waals surface area contributed by atoms with Crippen molar-refractivity contribution in [3.05, 3.63) is 35.4 Å². The Balaban J connectivity index is 2.63. The molecule has 0 amide bonds. The molecule has 0 fully saturated rings. The summed E-state index contributed by atoms with van der Waals surface area (Å²) in [5.74, 6) is 0.634. The van der Waals surface area contributed by atoms with Crippen molar-refractivity contribution in [1.29, 1.82) is 0 Å². The molecular weight excluding hydrogens is 172 g/mol. The highest BCUT2D eigenvalue weighted by molar-refractivity contribution is 5.50. The van der Waals surface area contributed by atoms with Gasteiger partial charge in [0.2, 0.25) is 0 Å². The third kappa shape index (κ3) is 2.99. The zero-order valence-electron chi connectivity index (χ0n) is 8.99. The lowest BCUT2D eigenvalue weighted by Crippen LogP contribution is -1.92. The van der Waals surface area contributed by atoms with Crippen LogP contribution in [0.3, 0.4) is 0 Å². The smallest absolute Gasteiger partial charge is 0.120 e. The van der Waals surface area contributed by atoms with Crippen LogP contribution in [0.5, 0.6) is 0 Å². The van der Waals surface area contributed by atoms with Crippen molar-refractivity contribution < 1.29 is 4.79 Å². The third-order valence-electron chi connectivity index (χ3n) is 2.71. The van der Waals surface area contributed by atoms with Crippen molar-refractivity contribution >= 4 is 6.29 Å². The lowest BCUT2D eigenvalue weighted by Gasteiger charge is -2.09. The first-order valence-corrected chi connectivity index (χ1v) is 5.30. The van der Waals surface area contributed by atoms with Crippen LogP contribution in [0.1, 0.15) is 43.7 Å². The molecule has 0 radical (unpaired) electrons. The van der Waals surface area contributed by atoms with Gasteiger partial charge in [-0.2, -0.15) is 0 Å². The first-order chi connectivity index (χ1) is 6.77. The molecule has 1 aromatic carbocycles. The zero-order valence-corrected chi connectivity index (χ0v) is 8.99. The minimum atomic E-state index is 0.628. The van der Waals surface area contributed by atoms with Crippen molar-refractivity contribution in [2.45, 2.75) is 39.0 Å². The fraction of sp³-hybridized carbons (Fsp3) is 0.462. The quantitative estimate of drug-likeness (QED) is 0.651. The summed E-state index contributed by atoms with van der Waals surface area (Å²) >= 11 is 0. The van der Waals surface area contributed by atoms with Gasteiger partial charge in [-0.1, -0.05) is 38.1 Å². The van der Waals surface area contributed by atoms with E-state index in [-0.39, 0.29) is 0 Å². The van der Waals surface area contributed by atoms with Crippen LogP contribution in [-0.4, -0.2) is 6.29 Å². The van der Waals surface area contributed by atoms with Gasteiger partial charge in [-0.25, -0.2) is 0 Å². The molecule has 1 atom stereocenters. The van der Waals surface area contributed by atoms with Gasteiger partial charge in [0.05, 0.1) is 0 Å². The van der Waals surface area contributed by atoms with Crippen molar-refractivity contribution in [3.8, 4) is 0 Å². The molecule has 0 bridgehead atoms. The molecule has 0 spiro atoms. The standard InChI is InChI=1S/C13H18O/c1-3-11(2)13-8-6-12(7-9-13)5-4-10-14/h6-11H,3-5H2,1-2H3. The van der Waals surface area contributed by atoms with Gasteiger partial charge in [0.25, 0.3) is 0 Å². The molecule has 0 N–H and O–H groups in total. The molecule has 1 nitrogen and oxygen atoms in total. The molecule has 0 heterocycles. The molecule has 0 aliphatic rings. The Bertz CT molecular complexity index is 274. The number of hydrogen-bond acceptors (Lipinski definition) is 1. The van der Waals surface area contributed by atoms with Gasteiger partial charge in [0.15, 0.2) is 0 Å². The Hall–Kier alpha value is -1.11. The lowest BCUT2D eigenvalue weighted by molar-refractivity contribution is -0.107.